The van der Waals surface area contributed by atoms with Crippen LogP contribution in [0.25, 0.3) is 0 Å². The Hall–Kier alpha value is -2.38. The van der Waals surface area contributed by atoms with Gasteiger partial charge in [-0.15, -0.1) is 0 Å². The van der Waals surface area contributed by atoms with Crippen LogP contribution in [0.15, 0.2) is 103 Å². The number of carbonyl (C=O) groups excluding carboxylic acids is 1. The lowest BCUT2D eigenvalue weighted by Gasteiger charge is -2.45. The first-order valence-corrected chi connectivity index (χ1v) is 19.6. The van der Waals surface area contributed by atoms with E-state index in [1.54, 1.807) is 19.2 Å². The van der Waals surface area contributed by atoms with Crippen LogP contribution >= 0.6 is 22.6 Å². The smallest absolute Gasteiger partial charge is 0.338 e. The Kier molecular flexibility index (Phi) is 13.4. The molecule has 9 heteroatoms. The van der Waals surface area contributed by atoms with Gasteiger partial charge in [0, 0.05) is 11.5 Å². The zero-order valence-electron chi connectivity index (χ0n) is 28.6. The maximum Gasteiger partial charge on any atom is 0.338 e. The molecule has 254 valence electrons. The number of carbonyl (C=O) groups is 1. The molecule has 1 saturated heterocycles. The molecule has 0 saturated carbocycles. The Bertz CT molecular complexity index is 1370. The lowest BCUT2D eigenvalue weighted by atomic mass is 10.0. The first-order valence-electron chi connectivity index (χ1n) is 16.2. The molecule has 0 radical (unpaired) electrons. The molecule has 0 aliphatic carbocycles. The largest absolute Gasteiger partial charge is 0.452 e. The van der Waals surface area contributed by atoms with Crippen molar-refractivity contribution in [1.82, 2.24) is 0 Å². The molecule has 0 N–H and O–H groups in total. The molecular formula is C38H49IO7Si. The van der Waals surface area contributed by atoms with Gasteiger partial charge in [-0.2, -0.15) is 0 Å². The van der Waals surface area contributed by atoms with E-state index in [9.17, 15) is 4.79 Å². The second-order valence-electron chi connectivity index (χ2n) is 13.3. The molecule has 1 aliphatic heterocycles. The Labute approximate surface area is 295 Å². The van der Waals surface area contributed by atoms with Crippen molar-refractivity contribution in [2.75, 3.05) is 18.3 Å². The predicted octanol–water partition coefficient (Wildman–Crippen LogP) is 7.07. The monoisotopic (exact) mass is 772 g/mol. The minimum Gasteiger partial charge on any atom is -0.452 e. The standard InChI is InChI=1S/C38H49IO7Si/c1-28(46-47(37(2,3)4,30-19-13-9-14-20-30)31-21-15-10-16-22-31)32(42-27-41-7)23-24-33(43-36(40)29-17-11-8-12-18-29)35-34(25-26-39)44-38(5,6)45-35/h8-24,28,32-35H,25-27H2,1-7H3/b24-23-/t28-,32+,33?,34-,35+/m0/s1. The van der Waals surface area contributed by atoms with Crippen LogP contribution in [0.3, 0.4) is 0 Å². The van der Waals surface area contributed by atoms with Gasteiger partial charge in [-0.05, 0) is 60.8 Å². The highest BCUT2D eigenvalue weighted by molar-refractivity contribution is 14.1. The number of hydrogen-bond acceptors (Lipinski definition) is 7. The molecular weight excluding hydrogens is 723 g/mol. The van der Waals surface area contributed by atoms with E-state index in [0.29, 0.717) is 5.56 Å². The summed E-state index contributed by atoms with van der Waals surface area (Å²) in [6.45, 7) is 12.6. The third-order valence-electron chi connectivity index (χ3n) is 8.30. The summed E-state index contributed by atoms with van der Waals surface area (Å²) < 4.78 is 38.7. The maximum absolute atomic E-state index is 13.4. The van der Waals surface area contributed by atoms with Crippen LogP contribution < -0.4 is 10.4 Å². The fourth-order valence-corrected chi connectivity index (χ4v) is 11.5. The van der Waals surface area contributed by atoms with Gasteiger partial charge in [0.25, 0.3) is 8.32 Å². The summed E-state index contributed by atoms with van der Waals surface area (Å²) in [4.78, 5) is 13.4. The zero-order chi connectivity index (χ0) is 34.1. The van der Waals surface area contributed by atoms with E-state index in [1.807, 2.05) is 63.3 Å². The molecule has 1 aliphatic rings. The summed E-state index contributed by atoms with van der Waals surface area (Å²) in [6.07, 6.45) is 2.07. The predicted molar refractivity (Wildman–Crippen MR) is 197 cm³/mol. The van der Waals surface area contributed by atoms with Crippen LogP contribution in [-0.2, 0) is 28.1 Å². The van der Waals surface area contributed by atoms with Crippen molar-refractivity contribution in [1.29, 1.82) is 0 Å². The van der Waals surface area contributed by atoms with Crippen molar-refractivity contribution in [3.8, 4) is 0 Å². The molecule has 0 aromatic heterocycles. The Morgan fingerprint density at radius 3 is 1.98 bits per heavy atom. The first-order chi connectivity index (χ1) is 22.4. The summed E-state index contributed by atoms with van der Waals surface area (Å²) in [5, 5.41) is 2.13. The van der Waals surface area contributed by atoms with Crippen LogP contribution in [0.2, 0.25) is 5.04 Å². The summed E-state index contributed by atoms with van der Waals surface area (Å²) in [6, 6.07) is 30.0. The van der Waals surface area contributed by atoms with Crippen molar-refractivity contribution in [2.45, 2.75) is 89.3 Å². The van der Waals surface area contributed by atoms with Gasteiger partial charge in [0.2, 0.25) is 0 Å². The molecule has 1 heterocycles. The molecule has 1 unspecified atom stereocenters. The van der Waals surface area contributed by atoms with Crippen LogP contribution in [0.1, 0.15) is 58.3 Å². The summed E-state index contributed by atoms with van der Waals surface area (Å²) in [7, 11) is -1.30. The third kappa shape index (κ3) is 9.41. The molecule has 3 aromatic rings. The average Bonchev–Trinajstić information content (AvgIpc) is 3.37. The molecule has 1 fully saturated rings. The van der Waals surface area contributed by atoms with Crippen molar-refractivity contribution in [3.05, 3.63) is 109 Å². The van der Waals surface area contributed by atoms with E-state index in [1.165, 1.54) is 10.4 Å². The van der Waals surface area contributed by atoms with Gasteiger partial charge in [-0.25, -0.2) is 4.79 Å². The van der Waals surface area contributed by atoms with Crippen molar-refractivity contribution in [3.63, 3.8) is 0 Å². The minimum atomic E-state index is -2.89. The number of methoxy groups -OCH3 is 1. The second-order valence-corrected chi connectivity index (χ2v) is 18.6. The molecule has 7 nitrogen and oxygen atoms in total. The van der Waals surface area contributed by atoms with Crippen LogP contribution in [0, 0.1) is 0 Å². The molecule has 0 amide bonds. The average molecular weight is 773 g/mol. The zero-order valence-corrected chi connectivity index (χ0v) is 31.7. The highest BCUT2D eigenvalue weighted by Gasteiger charge is 2.52. The van der Waals surface area contributed by atoms with Gasteiger partial charge in [-0.1, -0.05) is 128 Å². The number of ether oxygens (including phenoxy) is 5. The molecule has 3 aromatic carbocycles. The maximum atomic E-state index is 13.4. The highest BCUT2D eigenvalue weighted by atomic mass is 127. The lowest BCUT2D eigenvalue weighted by molar-refractivity contribution is -0.153. The Morgan fingerprint density at radius 1 is 0.915 bits per heavy atom. The van der Waals surface area contributed by atoms with Gasteiger partial charge in [0.1, 0.15) is 25.1 Å². The van der Waals surface area contributed by atoms with Gasteiger partial charge in [-0.3, -0.25) is 0 Å². The van der Waals surface area contributed by atoms with Crippen molar-refractivity contribution >= 4 is 47.3 Å². The summed E-state index contributed by atoms with van der Waals surface area (Å²) in [5.74, 6) is -1.26. The number of hydrogen-bond donors (Lipinski definition) is 0. The SMILES string of the molecule is COCO[C@H](/C=C\C(OC(=O)c1ccccc1)[C@H]1OC(C)(C)O[C@H]1CCI)[C@H](C)O[Si](c1ccccc1)(c1ccccc1)C(C)(C)C. The first kappa shape index (κ1) is 37.4. The normalized spacial score (nSPS) is 20.2. The molecule has 0 bridgehead atoms. The second kappa shape index (κ2) is 16.8. The van der Waals surface area contributed by atoms with E-state index in [0.717, 1.165) is 10.8 Å². The number of rotatable bonds is 15. The number of benzene rings is 3. The molecule has 47 heavy (non-hydrogen) atoms. The number of esters is 1. The lowest BCUT2D eigenvalue weighted by Crippen LogP contribution is -2.68. The minimum absolute atomic E-state index is 0.0610. The highest BCUT2D eigenvalue weighted by Crippen LogP contribution is 2.38. The molecule has 4 rings (SSSR count). The third-order valence-corrected chi connectivity index (χ3v) is 14.1. The fraction of sp³-hybridized carbons (Fsp3) is 0.447. The van der Waals surface area contributed by atoms with E-state index < -0.39 is 44.5 Å². The van der Waals surface area contributed by atoms with Gasteiger partial charge in [0.05, 0.1) is 17.8 Å². The quantitative estimate of drug-likeness (QED) is 0.0409. The molecule has 0 spiro atoms. The van der Waals surface area contributed by atoms with E-state index in [4.69, 9.17) is 28.1 Å². The van der Waals surface area contributed by atoms with Crippen LogP contribution in [-0.4, -0.2) is 68.9 Å². The topological polar surface area (TPSA) is 72.5 Å². The Balaban J connectivity index is 1.73. The number of halogens is 1. The fourth-order valence-electron chi connectivity index (χ4n) is 6.20. The van der Waals surface area contributed by atoms with E-state index in [-0.39, 0.29) is 17.9 Å². The van der Waals surface area contributed by atoms with Gasteiger partial charge in [0.15, 0.2) is 5.79 Å². The number of alkyl halides is 1. The van der Waals surface area contributed by atoms with Crippen LogP contribution in [0.4, 0.5) is 0 Å². The van der Waals surface area contributed by atoms with Crippen molar-refractivity contribution < 1.29 is 32.9 Å². The summed E-state index contributed by atoms with van der Waals surface area (Å²) in [5.41, 5.74) is 0.463. The Morgan fingerprint density at radius 2 is 1.47 bits per heavy atom. The van der Waals surface area contributed by atoms with Crippen LogP contribution in [0.5, 0.6) is 0 Å². The van der Waals surface area contributed by atoms with Gasteiger partial charge < -0.3 is 28.1 Å². The molecule has 5 atom stereocenters. The van der Waals surface area contributed by atoms with Crippen molar-refractivity contribution in [2.24, 2.45) is 0 Å². The summed E-state index contributed by atoms with van der Waals surface area (Å²) >= 11 is 2.33. The van der Waals surface area contributed by atoms with Gasteiger partial charge >= 0.3 is 5.97 Å². The van der Waals surface area contributed by atoms with E-state index >= 15 is 0 Å². The van der Waals surface area contributed by atoms with E-state index in [2.05, 4.69) is 91.9 Å².